The van der Waals surface area contributed by atoms with Crippen LogP contribution in [0.5, 0.6) is 0 Å². The molecule has 2 aromatic carbocycles. The maximum absolute atomic E-state index is 12.6. The van der Waals surface area contributed by atoms with E-state index < -0.39 is 14.7 Å². The van der Waals surface area contributed by atoms with E-state index in [1.165, 1.54) is 0 Å². The van der Waals surface area contributed by atoms with Crippen LogP contribution >= 0.6 is 0 Å². The molecule has 0 amide bonds. The van der Waals surface area contributed by atoms with Crippen LogP contribution in [0.15, 0.2) is 59.5 Å². The molecule has 1 atom stereocenters. The number of sulfone groups is 1. The van der Waals surface area contributed by atoms with Gasteiger partial charge in [0.05, 0.1) is 0 Å². The molecule has 2 rings (SSSR count). The van der Waals surface area contributed by atoms with E-state index >= 15 is 0 Å². The first-order valence-electron chi connectivity index (χ1n) is 7.46. The minimum absolute atomic E-state index is 0.0186. The topological polar surface area (TPSA) is 51.2 Å². The monoisotopic (exact) mass is 396 g/mol. The van der Waals surface area contributed by atoms with Crippen LogP contribution in [0, 0.1) is 6.92 Å². The van der Waals surface area contributed by atoms with E-state index in [2.05, 4.69) is 0 Å². The summed E-state index contributed by atoms with van der Waals surface area (Å²) in [5, 5.41) is 0. The van der Waals surface area contributed by atoms with Crippen LogP contribution in [0.2, 0.25) is 4.82 Å². The molecule has 3 nitrogen and oxygen atoms in total. The Labute approximate surface area is 144 Å². The van der Waals surface area contributed by atoms with Gasteiger partial charge in [0, 0.05) is 0 Å². The van der Waals surface area contributed by atoms with Crippen molar-refractivity contribution in [3.8, 4) is 0 Å². The summed E-state index contributed by atoms with van der Waals surface area (Å²) in [6.07, 6.45) is 0.364. The van der Waals surface area contributed by atoms with Gasteiger partial charge in [-0.25, -0.2) is 0 Å². The van der Waals surface area contributed by atoms with Crippen LogP contribution in [0.4, 0.5) is 0 Å². The van der Waals surface area contributed by atoms with Crippen LogP contribution in [0.25, 0.3) is 0 Å². The number of aryl methyl sites for hydroxylation is 1. The molecule has 0 radical (unpaired) electrons. The summed E-state index contributed by atoms with van der Waals surface area (Å²) in [5.74, 6) is -0.0949. The zero-order chi connectivity index (χ0) is 16.9. The number of Topliss-reactive ketones (excluding diaryl/α,β-unsaturated/α-hetero) is 1. The summed E-state index contributed by atoms with van der Waals surface area (Å²) in [7, 11) is -3.45. The molecule has 23 heavy (non-hydrogen) atoms. The molecular formula is C18H20O3SSe. The van der Waals surface area contributed by atoms with Crippen LogP contribution in [-0.2, 0) is 14.6 Å². The van der Waals surface area contributed by atoms with E-state index in [9.17, 15) is 13.2 Å². The van der Waals surface area contributed by atoms with Crippen molar-refractivity contribution in [1.82, 2.24) is 0 Å². The zero-order valence-electron chi connectivity index (χ0n) is 13.2. The average molecular weight is 395 g/mol. The van der Waals surface area contributed by atoms with Gasteiger partial charge in [-0.1, -0.05) is 0 Å². The Bertz CT molecular complexity index is 753. The molecule has 0 fully saturated rings. The Kier molecular flexibility index (Phi) is 6.17. The van der Waals surface area contributed by atoms with Gasteiger partial charge in [-0.2, -0.15) is 0 Å². The Morgan fingerprint density at radius 2 is 1.65 bits per heavy atom. The molecule has 5 heteroatoms. The van der Waals surface area contributed by atoms with Gasteiger partial charge in [0.2, 0.25) is 0 Å². The van der Waals surface area contributed by atoms with Crippen molar-refractivity contribution in [1.29, 1.82) is 0 Å². The Morgan fingerprint density at radius 3 is 2.22 bits per heavy atom. The molecule has 122 valence electrons. The molecule has 0 aromatic heterocycles. The molecule has 0 aliphatic carbocycles. The molecule has 0 aliphatic heterocycles. The van der Waals surface area contributed by atoms with Gasteiger partial charge in [-0.05, 0) is 0 Å². The first-order chi connectivity index (χ1) is 10.9. The summed E-state index contributed by atoms with van der Waals surface area (Å²) >= 11 is -0.192. The molecule has 1 unspecified atom stereocenters. The van der Waals surface area contributed by atoms with Gasteiger partial charge in [-0.3, -0.25) is 0 Å². The third-order valence-electron chi connectivity index (χ3n) is 3.48. The number of hydrogen-bond acceptors (Lipinski definition) is 3. The number of benzene rings is 2. The second kappa shape index (κ2) is 7.91. The van der Waals surface area contributed by atoms with E-state index in [-0.39, 0.29) is 31.4 Å². The first-order valence-corrected chi connectivity index (χ1v) is 11.0. The molecular weight excluding hydrogens is 375 g/mol. The molecule has 0 spiro atoms. The van der Waals surface area contributed by atoms with Gasteiger partial charge in [0.15, 0.2) is 0 Å². The minimum atomic E-state index is -3.45. The standard InChI is InChI=1S/C18H20O3SSe/c1-3-17(19)18(23-16-11-9-14(2)10-12-16)13-22(20,21)15-7-5-4-6-8-15/h4-12,18H,3,13H2,1-2H3. The average Bonchev–Trinajstić information content (AvgIpc) is 2.56. The molecule has 0 aliphatic rings. The Hall–Kier alpha value is -1.42. The van der Waals surface area contributed by atoms with E-state index in [1.807, 2.05) is 31.2 Å². The van der Waals surface area contributed by atoms with Crippen molar-refractivity contribution in [3.63, 3.8) is 0 Å². The first kappa shape index (κ1) is 17.9. The molecule has 0 bridgehead atoms. The summed E-state index contributed by atoms with van der Waals surface area (Å²) in [4.78, 5) is 12.1. The number of carbonyl (C=O) groups excluding carboxylic acids is 1. The summed E-state index contributed by atoms with van der Waals surface area (Å²) in [6, 6.07) is 16.3. The summed E-state index contributed by atoms with van der Waals surface area (Å²) in [5.41, 5.74) is 1.15. The normalized spacial score (nSPS) is 12.8. The van der Waals surface area contributed by atoms with Crippen molar-refractivity contribution in [3.05, 3.63) is 60.2 Å². The van der Waals surface area contributed by atoms with E-state index in [0.29, 0.717) is 6.42 Å². The third-order valence-corrected chi connectivity index (χ3v) is 8.36. The quantitative estimate of drug-likeness (QED) is 0.677. The van der Waals surface area contributed by atoms with Crippen molar-refractivity contribution in [2.45, 2.75) is 30.0 Å². The maximum atomic E-state index is 12.6. The fraction of sp³-hybridized carbons (Fsp3) is 0.278. The molecule has 0 heterocycles. The predicted molar refractivity (Wildman–Crippen MR) is 94.1 cm³/mol. The number of hydrogen-bond donors (Lipinski definition) is 0. The third kappa shape index (κ3) is 5.03. The molecule has 0 saturated carbocycles. The fourth-order valence-electron chi connectivity index (χ4n) is 2.12. The number of carbonyl (C=O) groups is 1. The van der Waals surface area contributed by atoms with Crippen LogP contribution in [0.1, 0.15) is 18.9 Å². The number of ketones is 1. The van der Waals surface area contributed by atoms with Crippen LogP contribution in [0.3, 0.4) is 0 Å². The molecule has 0 N–H and O–H groups in total. The van der Waals surface area contributed by atoms with Gasteiger partial charge in [0.1, 0.15) is 0 Å². The van der Waals surface area contributed by atoms with Crippen LogP contribution < -0.4 is 4.46 Å². The second-order valence-electron chi connectivity index (χ2n) is 5.33. The van der Waals surface area contributed by atoms with Crippen molar-refractivity contribution >= 4 is 35.0 Å². The molecule has 0 saturated heterocycles. The van der Waals surface area contributed by atoms with Gasteiger partial charge >= 0.3 is 144 Å². The van der Waals surface area contributed by atoms with Gasteiger partial charge in [-0.15, -0.1) is 0 Å². The predicted octanol–water partition coefficient (Wildman–Crippen LogP) is 2.57. The second-order valence-corrected chi connectivity index (χ2v) is 10.0. The molecule has 2 aromatic rings. The Balaban J connectivity index is 2.22. The summed E-state index contributed by atoms with van der Waals surface area (Å²) in [6.45, 7) is 3.79. The zero-order valence-corrected chi connectivity index (χ0v) is 15.8. The van der Waals surface area contributed by atoms with Gasteiger partial charge < -0.3 is 0 Å². The van der Waals surface area contributed by atoms with Crippen molar-refractivity contribution < 1.29 is 13.2 Å². The van der Waals surface area contributed by atoms with Crippen molar-refractivity contribution in [2.24, 2.45) is 0 Å². The van der Waals surface area contributed by atoms with Crippen molar-refractivity contribution in [2.75, 3.05) is 5.75 Å². The number of rotatable bonds is 7. The van der Waals surface area contributed by atoms with E-state index in [1.54, 1.807) is 37.3 Å². The van der Waals surface area contributed by atoms with E-state index in [4.69, 9.17) is 0 Å². The van der Waals surface area contributed by atoms with E-state index in [0.717, 1.165) is 10.0 Å². The fourth-order valence-corrected chi connectivity index (χ4v) is 7.03. The SMILES string of the molecule is CCC(=O)C(CS(=O)(=O)c1ccccc1)[Se]c1ccc(C)cc1. The van der Waals surface area contributed by atoms with Crippen LogP contribution in [-0.4, -0.2) is 34.9 Å². The Morgan fingerprint density at radius 1 is 1.04 bits per heavy atom. The van der Waals surface area contributed by atoms with Gasteiger partial charge in [0.25, 0.3) is 0 Å². The summed E-state index contributed by atoms with van der Waals surface area (Å²) < 4.78 is 26.2.